The molecule has 0 saturated carbocycles. The molecule has 1 heterocycles. The van der Waals surface area contributed by atoms with E-state index in [4.69, 9.17) is 0 Å². The molecule has 2 aromatic rings. The summed E-state index contributed by atoms with van der Waals surface area (Å²) in [5.41, 5.74) is 4.22. The maximum atomic E-state index is 11.2. The van der Waals surface area contributed by atoms with Crippen LogP contribution in [0.5, 0.6) is 0 Å². The van der Waals surface area contributed by atoms with E-state index in [0.717, 1.165) is 27.8 Å². The Morgan fingerprint density at radius 3 is 2.70 bits per heavy atom. The van der Waals surface area contributed by atoms with Crippen molar-refractivity contribution in [1.29, 1.82) is 0 Å². The third-order valence-electron chi connectivity index (χ3n) is 3.31. The van der Waals surface area contributed by atoms with E-state index in [1.54, 1.807) is 0 Å². The van der Waals surface area contributed by atoms with Gasteiger partial charge in [0.2, 0.25) is 0 Å². The minimum Gasteiger partial charge on any atom is -0.469 e. The van der Waals surface area contributed by atoms with Crippen molar-refractivity contribution in [1.82, 2.24) is 4.98 Å². The number of methoxy groups -OCH3 is 1. The van der Waals surface area contributed by atoms with Crippen molar-refractivity contribution in [2.45, 2.75) is 19.8 Å². The monoisotopic (exact) mass is 272 g/mol. The highest BCUT2D eigenvalue weighted by Gasteiger charge is 2.08. The fourth-order valence-electron chi connectivity index (χ4n) is 2.26. The van der Waals surface area contributed by atoms with Crippen LogP contribution in [-0.4, -0.2) is 32.2 Å². The molecule has 106 valence electrons. The van der Waals surface area contributed by atoms with Gasteiger partial charge in [-0.05, 0) is 31.0 Å². The molecule has 0 fully saturated rings. The fraction of sp³-hybridized carbons (Fsp3) is 0.375. The topological polar surface area (TPSA) is 42.4 Å². The fourth-order valence-corrected chi connectivity index (χ4v) is 2.26. The first kappa shape index (κ1) is 14.3. The van der Waals surface area contributed by atoms with Gasteiger partial charge in [0, 0.05) is 37.3 Å². The van der Waals surface area contributed by atoms with Gasteiger partial charge < -0.3 is 9.64 Å². The molecule has 2 rings (SSSR count). The van der Waals surface area contributed by atoms with Gasteiger partial charge in [0.05, 0.1) is 12.6 Å². The number of nitrogens with zero attached hydrogens (tertiary/aromatic N) is 2. The summed E-state index contributed by atoms with van der Waals surface area (Å²) in [6.07, 6.45) is 1.07. The van der Waals surface area contributed by atoms with Gasteiger partial charge in [-0.25, -0.2) is 0 Å². The van der Waals surface area contributed by atoms with Gasteiger partial charge >= 0.3 is 5.97 Å². The van der Waals surface area contributed by atoms with Gasteiger partial charge in [0.1, 0.15) is 0 Å². The van der Waals surface area contributed by atoms with Crippen LogP contribution in [0.4, 0.5) is 5.69 Å². The number of aromatic nitrogens is 1. The number of carbonyl (C=O) groups is 1. The van der Waals surface area contributed by atoms with Crippen LogP contribution in [0.2, 0.25) is 0 Å². The summed E-state index contributed by atoms with van der Waals surface area (Å²) in [6.45, 7) is 1.99. The highest BCUT2D eigenvalue weighted by Crippen LogP contribution is 2.26. The number of benzene rings is 1. The summed E-state index contributed by atoms with van der Waals surface area (Å²) in [6, 6.07) is 8.26. The number of aryl methyl sites for hydroxylation is 2. The Hall–Kier alpha value is -2.10. The molecule has 0 unspecified atom stereocenters. The number of hydrogen-bond acceptors (Lipinski definition) is 4. The standard InChI is InChI=1S/C16H20N2O2/c1-11-9-15(18(2)3)13-7-5-12(10-14(13)17-11)6-8-16(19)20-4/h5,7,9-10H,6,8H2,1-4H3. The van der Waals surface area contributed by atoms with Crippen LogP contribution in [0.3, 0.4) is 0 Å². The average molecular weight is 272 g/mol. The van der Waals surface area contributed by atoms with Gasteiger partial charge in [0.25, 0.3) is 0 Å². The quantitative estimate of drug-likeness (QED) is 0.803. The Labute approximate surface area is 119 Å². The van der Waals surface area contributed by atoms with Crippen molar-refractivity contribution in [3.05, 3.63) is 35.5 Å². The highest BCUT2D eigenvalue weighted by molar-refractivity contribution is 5.92. The maximum absolute atomic E-state index is 11.2. The Balaban J connectivity index is 2.36. The molecule has 4 heteroatoms. The molecule has 0 bridgehead atoms. The second kappa shape index (κ2) is 5.90. The molecular formula is C16H20N2O2. The maximum Gasteiger partial charge on any atom is 0.305 e. The van der Waals surface area contributed by atoms with E-state index in [-0.39, 0.29) is 5.97 Å². The minimum atomic E-state index is -0.184. The van der Waals surface area contributed by atoms with Crippen molar-refractivity contribution in [2.75, 3.05) is 26.1 Å². The summed E-state index contributed by atoms with van der Waals surface area (Å²) >= 11 is 0. The minimum absolute atomic E-state index is 0.184. The first-order chi connectivity index (χ1) is 9.51. The Morgan fingerprint density at radius 1 is 1.30 bits per heavy atom. The smallest absolute Gasteiger partial charge is 0.305 e. The lowest BCUT2D eigenvalue weighted by molar-refractivity contribution is -0.140. The summed E-state index contributed by atoms with van der Waals surface area (Å²) in [7, 11) is 5.47. The summed E-state index contributed by atoms with van der Waals surface area (Å²) in [5.74, 6) is -0.184. The van der Waals surface area contributed by atoms with Crippen LogP contribution >= 0.6 is 0 Å². The Bertz CT molecular complexity index is 636. The molecule has 4 nitrogen and oxygen atoms in total. The molecule has 0 atom stereocenters. The van der Waals surface area contributed by atoms with E-state index < -0.39 is 0 Å². The first-order valence-corrected chi connectivity index (χ1v) is 6.65. The van der Waals surface area contributed by atoms with E-state index >= 15 is 0 Å². The van der Waals surface area contributed by atoms with E-state index in [9.17, 15) is 4.79 Å². The molecule has 0 aliphatic rings. The van der Waals surface area contributed by atoms with Crippen molar-refractivity contribution in [3.63, 3.8) is 0 Å². The second-order valence-corrected chi connectivity index (χ2v) is 5.10. The molecule has 1 aromatic heterocycles. The zero-order valence-electron chi connectivity index (χ0n) is 12.4. The zero-order valence-corrected chi connectivity index (χ0v) is 12.4. The van der Waals surface area contributed by atoms with Gasteiger partial charge in [-0.2, -0.15) is 0 Å². The molecule has 0 aliphatic carbocycles. The second-order valence-electron chi connectivity index (χ2n) is 5.10. The molecule has 0 N–H and O–H groups in total. The van der Waals surface area contributed by atoms with E-state index in [2.05, 4.69) is 38.9 Å². The van der Waals surface area contributed by atoms with Gasteiger partial charge in [-0.1, -0.05) is 12.1 Å². The SMILES string of the molecule is COC(=O)CCc1ccc2c(N(C)C)cc(C)nc2c1. The number of carbonyl (C=O) groups excluding carboxylic acids is 1. The van der Waals surface area contributed by atoms with Crippen molar-refractivity contribution < 1.29 is 9.53 Å². The number of pyridine rings is 1. The van der Waals surface area contributed by atoms with Gasteiger partial charge in [-0.15, -0.1) is 0 Å². The van der Waals surface area contributed by atoms with Crippen molar-refractivity contribution in [3.8, 4) is 0 Å². The number of fused-ring (bicyclic) bond motifs is 1. The number of anilines is 1. The number of ether oxygens (including phenoxy) is 1. The van der Waals surface area contributed by atoms with Crippen LogP contribution in [0.1, 0.15) is 17.7 Å². The van der Waals surface area contributed by atoms with Crippen LogP contribution < -0.4 is 4.90 Å². The molecular weight excluding hydrogens is 252 g/mol. The summed E-state index contributed by atoms with van der Waals surface area (Å²) < 4.78 is 4.67. The molecule has 0 saturated heterocycles. The Morgan fingerprint density at radius 2 is 2.05 bits per heavy atom. The Kier molecular flexibility index (Phi) is 4.23. The average Bonchev–Trinajstić information content (AvgIpc) is 2.43. The first-order valence-electron chi connectivity index (χ1n) is 6.65. The number of hydrogen-bond donors (Lipinski definition) is 0. The highest BCUT2D eigenvalue weighted by atomic mass is 16.5. The van der Waals surface area contributed by atoms with Crippen molar-refractivity contribution >= 4 is 22.6 Å². The predicted molar refractivity (Wildman–Crippen MR) is 81.1 cm³/mol. The predicted octanol–water partition coefficient (Wildman–Crippen LogP) is 2.71. The van der Waals surface area contributed by atoms with Crippen LogP contribution in [0.25, 0.3) is 10.9 Å². The zero-order chi connectivity index (χ0) is 14.7. The molecule has 0 aliphatic heterocycles. The molecule has 0 radical (unpaired) electrons. The van der Waals surface area contributed by atoms with E-state index in [1.807, 2.05) is 21.0 Å². The van der Waals surface area contributed by atoms with E-state index in [0.29, 0.717) is 12.8 Å². The van der Waals surface area contributed by atoms with Crippen LogP contribution in [-0.2, 0) is 16.0 Å². The summed E-state index contributed by atoms with van der Waals surface area (Å²) in [5, 5.41) is 1.13. The summed E-state index contributed by atoms with van der Waals surface area (Å²) in [4.78, 5) is 17.9. The number of rotatable bonds is 4. The lowest BCUT2D eigenvalue weighted by Crippen LogP contribution is -2.10. The molecule has 20 heavy (non-hydrogen) atoms. The van der Waals surface area contributed by atoms with Gasteiger partial charge in [0.15, 0.2) is 0 Å². The third kappa shape index (κ3) is 3.07. The number of esters is 1. The molecule has 1 aromatic carbocycles. The van der Waals surface area contributed by atoms with Crippen LogP contribution in [0.15, 0.2) is 24.3 Å². The molecule has 0 amide bonds. The lowest BCUT2D eigenvalue weighted by atomic mass is 10.1. The van der Waals surface area contributed by atoms with Crippen LogP contribution in [0, 0.1) is 6.92 Å². The van der Waals surface area contributed by atoms with Crippen molar-refractivity contribution in [2.24, 2.45) is 0 Å². The lowest BCUT2D eigenvalue weighted by Gasteiger charge is -2.16. The van der Waals surface area contributed by atoms with E-state index in [1.165, 1.54) is 7.11 Å². The van der Waals surface area contributed by atoms with Gasteiger partial charge in [-0.3, -0.25) is 9.78 Å². The normalized spacial score (nSPS) is 10.6. The largest absolute Gasteiger partial charge is 0.469 e. The molecule has 0 spiro atoms. The third-order valence-corrected chi connectivity index (χ3v) is 3.31.